The van der Waals surface area contributed by atoms with Gasteiger partial charge in [-0.15, -0.1) is 0 Å². The number of amides is 1. The highest BCUT2D eigenvalue weighted by Crippen LogP contribution is 2.40. The first kappa shape index (κ1) is 48.0. The maximum atomic E-state index is 14.6. The molecule has 18 nitrogen and oxygen atoms in total. The number of Topliss-reactive ketones (excluding diaryl/α,β-unsaturated/α-hetero) is 1. The van der Waals surface area contributed by atoms with E-state index in [9.17, 15) is 24.6 Å². The highest BCUT2D eigenvalue weighted by Gasteiger charge is 2.53. The number of carbonyl (C=O) groups is 3. The maximum absolute atomic E-state index is 14.6. The van der Waals surface area contributed by atoms with Crippen LogP contribution < -0.4 is 0 Å². The predicted octanol–water partition coefficient (Wildman–Crippen LogP) is 4.45. The topological polar surface area (TPSA) is 219 Å². The summed E-state index contributed by atoms with van der Waals surface area (Å²) in [6.07, 6.45) is -1.87. The molecule has 2 bridgehead atoms. The monoisotopic (exact) mass is 880 g/mol. The van der Waals surface area contributed by atoms with Crippen LogP contribution in [0.3, 0.4) is 0 Å². The number of aliphatic hydroxyl groups excluding tert-OH is 1. The standard InChI is InChI=1S/C45H64N6O12/c1-12-35-45(9,56)40-26(4)36(47-29(7)52)24(2)20-44(8,39(27(5)37(53)28(6)41(55)62-35)63-42-38(54)33(50(10)11)18-25(3)60-42)58-23-31(22-57-40)49-59-21-30-14-15-34-32(19-30)48-43(61-34)51-17-13-16-46-51/h13-17,19,24-28,33,35,38-40,42,54,56H,12,18,20-23H2,1-11H3/b47-36?,49-31+/t24-,25-,26+,27+,28-,33+,35-,38-,39-,40+,42+,44-,45-/m1/s1. The molecule has 5 heterocycles. The van der Waals surface area contributed by atoms with Gasteiger partial charge in [0.15, 0.2) is 17.7 Å². The van der Waals surface area contributed by atoms with Gasteiger partial charge in [0.25, 0.3) is 0 Å². The second kappa shape index (κ2) is 19.8. The first-order valence-electron chi connectivity index (χ1n) is 21.8. The number of likely N-dealkylation sites (N-methyl/N-ethyl adjacent to an activating group) is 1. The normalized spacial score (nSPS) is 36.5. The van der Waals surface area contributed by atoms with Crippen molar-refractivity contribution in [3.8, 4) is 6.01 Å². The van der Waals surface area contributed by atoms with Crippen molar-refractivity contribution >= 4 is 40.2 Å². The van der Waals surface area contributed by atoms with Crippen LogP contribution in [0.15, 0.2) is 51.2 Å². The fraction of sp³-hybridized carbons (Fsp3) is 0.667. The summed E-state index contributed by atoms with van der Waals surface area (Å²) in [7, 11) is 3.73. The van der Waals surface area contributed by atoms with Crippen LogP contribution in [-0.4, -0.2) is 140 Å². The average molecular weight is 881 g/mol. The number of nitrogens with zero attached hydrogens (tertiary/aromatic N) is 6. The molecular formula is C45H64N6O12. The summed E-state index contributed by atoms with van der Waals surface area (Å²) in [5, 5.41) is 32.9. The maximum Gasteiger partial charge on any atom is 0.323 e. The second-order valence-corrected chi connectivity index (χ2v) is 18.1. The Morgan fingerprint density at radius 1 is 1.10 bits per heavy atom. The third kappa shape index (κ3) is 10.6. The quantitative estimate of drug-likeness (QED) is 0.182. The molecule has 13 atom stereocenters. The van der Waals surface area contributed by atoms with Gasteiger partial charge in [0.2, 0.25) is 5.91 Å². The predicted molar refractivity (Wildman–Crippen MR) is 230 cm³/mol. The van der Waals surface area contributed by atoms with Crippen molar-refractivity contribution < 1.29 is 57.5 Å². The van der Waals surface area contributed by atoms with E-state index in [1.54, 1.807) is 52.2 Å². The van der Waals surface area contributed by atoms with Crippen molar-refractivity contribution in [2.75, 3.05) is 27.3 Å². The number of esters is 1. The van der Waals surface area contributed by atoms with Gasteiger partial charge in [-0.25, -0.2) is 4.99 Å². The van der Waals surface area contributed by atoms with E-state index in [0.29, 0.717) is 29.2 Å². The van der Waals surface area contributed by atoms with Crippen molar-refractivity contribution in [1.82, 2.24) is 19.7 Å². The van der Waals surface area contributed by atoms with E-state index in [1.165, 1.54) is 25.5 Å². The van der Waals surface area contributed by atoms with Gasteiger partial charge in [-0.2, -0.15) is 14.8 Å². The van der Waals surface area contributed by atoms with E-state index < -0.39 is 83.2 Å². The van der Waals surface area contributed by atoms with E-state index in [-0.39, 0.29) is 50.5 Å². The van der Waals surface area contributed by atoms with Gasteiger partial charge in [-0.05, 0) is 90.7 Å². The molecule has 0 unspecified atom stereocenters. The number of cyclic esters (lactones) is 1. The smallest absolute Gasteiger partial charge is 0.323 e. The number of rotatable bonds is 8. The van der Waals surface area contributed by atoms with E-state index in [4.69, 9.17) is 32.9 Å². The summed E-state index contributed by atoms with van der Waals surface area (Å²) < 4.78 is 39.9. The fourth-order valence-electron chi connectivity index (χ4n) is 9.33. The molecule has 0 radical (unpaired) electrons. The summed E-state index contributed by atoms with van der Waals surface area (Å²) in [4.78, 5) is 58.3. The lowest BCUT2D eigenvalue weighted by Crippen LogP contribution is -2.60. The number of oxime groups is 1. The zero-order valence-electron chi connectivity index (χ0n) is 38.2. The number of hydrogen-bond donors (Lipinski definition) is 2. The highest BCUT2D eigenvalue weighted by atomic mass is 16.7. The van der Waals surface area contributed by atoms with Gasteiger partial charge >= 0.3 is 12.0 Å². The van der Waals surface area contributed by atoms with Gasteiger partial charge in [-0.1, -0.05) is 38.9 Å². The molecule has 0 spiro atoms. The number of fused-ring (bicyclic) bond motifs is 6. The Morgan fingerprint density at radius 3 is 2.51 bits per heavy atom. The number of carbonyl (C=O) groups excluding carboxylic acids is 3. The number of hydrogen-bond acceptors (Lipinski definition) is 16. The SMILES string of the molecule is CC[C@H]1OC(=O)[C@H](C)C(=O)[C@H](C)[C@@H](O[C@@H]2O[C@H](C)C[C@H](N(C)C)[C@H]2O)[C@@]2(C)C[C@@H](C)C(=NC(C)=O)[C@H](C)[C@H](OC/C(=N\OCc3ccc4oc(-n5cccn5)nc4c3)CO2)[C@]1(C)O. The molecule has 3 aromatic rings. The van der Waals surface area contributed by atoms with Gasteiger partial charge in [0, 0.05) is 42.9 Å². The third-order valence-electron chi connectivity index (χ3n) is 12.7. The lowest BCUT2D eigenvalue weighted by molar-refractivity contribution is -0.296. The summed E-state index contributed by atoms with van der Waals surface area (Å²) in [5.41, 5.74) is -0.723. The number of ketones is 1. The van der Waals surface area contributed by atoms with Crippen molar-refractivity contribution in [1.29, 1.82) is 0 Å². The van der Waals surface area contributed by atoms with Crippen LogP contribution in [0, 0.1) is 23.7 Å². The molecule has 1 aromatic carbocycles. The molecule has 63 heavy (non-hydrogen) atoms. The summed E-state index contributed by atoms with van der Waals surface area (Å²) >= 11 is 0. The Bertz CT molecular complexity index is 2140. The van der Waals surface area contributed by atoms with Crippen molar-refractivity contribution in [2.45, 2.75) is 142 Å². The van der Waals surface area contributed by atoms with Crippen LogP contribution in [-0.2, 0) is 49.5 Å². The van der Waals surface area contributed by atoms with Crippen LogP contribution in [0.2, 0.25) is 0 Å². The molecule has 0 aliphatic carbocycles. The number of oxazole rings is 1. The molecule has 3 aliphatic heterocycles. The van der Waals surface area contributed by atoms with E-state index in [0.717, 1.165) is 5.56 Å². The molecule has 0 saturated carbocycles. The van der Waals surface area contributed by atoms with Gasteiger partial charge < -0.3 is 48.1 Å². The minimum atomic E-state index is -1.87. The molecule has 2 aromatic heterocycles. The van der Waals surface area contributed by atoms with Gasteiger partial charge in [0.1, 0.15) is 41.6 Å². The Morgan fingerprint density at radius 2 is 1.84 bits per heavy atom. The number of benzene rings is 1. The molecule has 346 valence electrons. The Labute approximate surface area is 368 Å². The largest absolute Gasteiger partial charge is 0.459 e. The van der Waals surface area contributed by atoms with Gasteiger partial charge in [-0.3, -0.25) is 14.4 Å². The fourth-order valence-corrected chi connectivity index (χ4v) is 9.33. The summed E-state index contributed by atoms with van der Waals surface area (Å²) in [5.74, 6) is -5.40. The van der Waals surface area contributed by atoms with Crippen molar-refractivity contribution in [2.24, 2.45) is 33.8 Å². The molecular weight excluding hydrogens is 817 g/mol. The molecule has 3 saturated heterocycles. The van der Waals surface area contributed by atoms with Crippen LogP contribution >= 0.6 is 0 Å². The Hall–Kier alpha value is -4.43. The number of aliphatic hydroxyl groups is 2. The number of aliphatic imine (C=N–C) groups is 1. The zero-order chi connectivity index (χ0) is 46.0. The minimum absolute atomic E-state index is 0.0236. The second-order valence-electron chi connectivity index (χ2n) is 18.1. The molecule has 3 fully saturated rings. The lowest BCUT2D eigenvalue weighted by atomic mass is 9.73. The van der Waals surface area contributed by atoms with Crippen LogP contribution in [0.5, 0.6) is 0 Å². The summed E-state index contributed by atoms with van der Waals surface area (Å²) in [6.45, 7) is 14.7. The van der Waals surface area contributed by atoms with Crippen LogP contribution in [0.1, 0.15) is 87.1 Å². The molecule has 18 heteroatoms. The summed E-state index contributed by atoms with van der Waals surface area (Å²) in [6, 6.07) is 7.17. The highest BCUT2D eigenvalue weighted by molar-refractivity contribution is 6.00. The number of aromatic nitrogens is 3. The molecule has 3 aliphatic rings. The van der Waals surface area contributed by atoms with E-state index in [2.05, 4.69) is 20.2 Å². The zero-order valence-corrected chi connectivity index (χ0v) is 38.2. The first-order valence-corrected chi connectivity index (χ1v) is 21.8. The van der Waals surface area contributed by atoms with Crippen LogP contribution in [0.25, 0.3) is 17.1 Å². The Kier molecular flexibility index (Phi) is 15.1. The lowest BCUT2D eigenvalue weighted by Gasteiger charge is -2.47. The molecule has 1 amide bonds. The van der Waals surface area contributed by atoms with Crippen LogP contribution in [0.4, 0.5) is 0 Å². The third-order valence-corrected chi connectivity index (χ3v) is 12.7. The first-order chi connectivity index (χ1) is 29.7. The minimum Gasteiger partial charge on any atom is -0.459 e. The Balaban J connectivity index is 1.44. The molecule has 2 N–H and O–H groups in total. The van der Waals surface area contributed by atoms with Crippen molar-refractivity contribution in [3.63, 3.8) is 0 Å². The average Bonchev–Trinajstić information content (AvgIpc) is 3.92. The molecule has 6 rings (SSSR count). The van der Waals surface area contributed by atoms with Gasteiger partial charge in [0.05, 0.1) is 37.1 Å². The van der Waals surface area contributed by atoms with E-state index >= 15 is 0 Å². The van der Waals surface area contributed by atoms with Crippen molar-refractivity contribution in [3.05, 3.63) is 42.2 Å². The van der Waals surface area contributed by atoms with E-state index in [1.807, 2.05) is 45.0 Å². The number of ether oxygens (including phenoxy) is 5.